The number of hydrogen-bond acceptors (Lipinski definition) is 4. The van der Waals surface area contributed by atoms with Crippen LogP contribution >= 0.6 is 0 Å². The molecule has 1 aromatic heterocycles. The summed E-state index contributed by atoms with van der Waals surface area (Å²) in [6.45, 7) is 10.3. The van der Waals surface area contributed by atoms with E-state index in [0.29, 0.717) is 0 Å². The first-order valence-corrected chi connectivity index (χ1v) is 8.77. The fraction of sp³-hybridized carbons (Fsp3) is 0.526. The van der Waals surface area contributed by atoms with Gasteiger partial charge in [0.05, 0.1) is 0 Å². The molecule has 5 nitrogen and oxygen atoms in total. The molecule has 1 fully saturated rings. The maximum absolute atomic E-state index is 13.0. The number of anilines is 1. The lowest BCUT2D eigenvalue weighted by Crippen LogP contribution is -2.46. The zero-order valence-corrected chi connectivity index (χ0v) is 15.2. The molecule has 0 spiro atoms. The van der Waals surface area contributed by atoms with Crippen molar-refractivity contribution in [2.75, 3.05) is 51.7 Å². The van der Waals surface area contributed by atoms with Crippen molar-refractivity contribution < 1.29 is 0 Å². The number of likely N-dealkylation sites (N-methyl/N-ethyl adjacent to an activating group) is 1. The molecule has 2 aromatic rings. The number of nitrogens with zero attached hydrogens (tertiary/aromatic N) is 3. The van der Waals surface area contributed by atoms with E-state index < -0.39 is 0 Å². The number of aromatic nitrogens is 1. The van der Waals surface area contributed by atoms with Gasteiger partial charge in [0, 0.05) is 74.7 Å². The molecule has 0 radical (unpaired) electrons. The number of aromatic amines is 1. The van der Waals surface area contributed by atoms with Crippen LogP contribution in [0.3, 0.4) is 0 Å². The summed E-state index contributed by atoms with van der Waals surface area (Å²) in [6, 6.07) is 6.04. The van der Waals surface area contributed by atoms with Gasteiger partial charge in [-0.05, 0) is 31.7 Å². The largest absolute Gasteiger partial charge is 0.378 e. The van der Waals surface area contributed by atoms with Gasteiger partial charge in [0.15, 0.2) is 5.43 Å². The van der Waals surface area contributed by atoms with E-state index in [1.165, 1.54) is 0 Å². The third-order valence-electron chi connectivity index (χ3n) is 5.11. The van der Waals surface area contributed by atoms with Gasteiger partial charge in [0.25, 0.3) is 0 Å². The number of fused-ring (bicyclic) bond motifs is 1. The molecule has 0 saturated carbocycles. The van der Waals surface area contributed by atoms with E-state index in [4.69, 9.17) is 0 Å². The van der Waals surface area contributed by atoms with Gasteiger partial charge < -0.3 is 14.8 Å². The van der Waals surface area contributed by atoms with E-state index in [1.807, 2.05) is 44.1 Å². The van der Waals surface area contributed by atoms with Crippen molar-refractivity contribution >= 4 is 16.6 Å². The Balaban J connectivity index is 1.91. The first kappa shape index (κ1) is 17.0. The van der Waals surface area contributed by atoms with Crippen LogP contribution in [0.15, 0.2) is 23.0 Å². The van der Waals surface area contributed by atoms with E-state index >= 15 is 0 Å². The molecular weight excluding hydrogens is 300 g/mol. The van der Waals surface area contributed by atoms with E-state index in [-0.39, 0.29) is 5.43 Å². The van der Waals surface area contributed by atoms with Crippen molar-refractivity contribution in [2.24, 2.45) is 0 Å². The smallest absolute Gasteiger partial charge is 0.194 e. The lowest BCUT2D eigenvalue weighted by molar-refractivity contribution is 0.131. The van der Waals surface area contributed by atoms with Gasteiger partial charge in [-0.3, -0.25) is 9.69 Å². The molecule has 1 aliphatic rings. The Kier molecular flexibility index (Phi) is 4.92. The number of H-pyrrole nitrogens is 1. The van der Waals surface area contributed by atoms with Crippen LogP contribution in [0, 0.1) is 6.92 Å². The average molecular weight is 328 g/mol. The molecule has 5 heteroatoms. The van der Waals surface area contributed by atoms with Crippen molar-refractivity contribution in [1.29, 1.82) is 0 Å². The molecule has 0 amide bonds. The summed E-state index contributed by atoms with van der Waals surface area (Å²) in [5.41, 5.74) is 4.04. The van der Waals surface area contributed by atoms with Gasteiger partial charge in [0.1, 0.15) is 0 Å². The van der Waals surface area contributed by atoms with Gasteiger partial charge in [0.2, 0.25) is 0 Å². The lowest BCUT2D eigenvalue weighted by atomic mass is 10.1. The summed E-state index contributed by atoms with van der Waals surface area (Å²) in [4.78, 5) is 23.3. The molecule has 2 heterocycles. The third kappa shape index (κ3) is 3.32. The van der Waals surface area contributed by atoms with E-state index in [9.17, 15) is 4.79 Å². The van der Waals surface area contributed by atoms with Gasteiger partial charge in [-0.1, -0.05) is 6.92 Å². The number of benzene rings is 1. The molecule has 1 aromatic carbocycles. The topological polar surface area (TPSA) is 42.6 Å². The normalized spacial score (nSPS) is 16.7. The first-order chi connectivity index (χ1) is 11.5. The molecule has 24 heavy (non-hydrogen) atoms. The van der Waals surface area contributed by atoms with Crippen LogP contribution in [0.25, 0.3) is 10.9 Å². The summed E-state index contributed by atoms with van der Waals surface area (Å²) in [5.74, 6) is 0. The monoisotopic (exact) mass is 328 g/mol. The molecule has 130 valence electrons. The number of rotatable bonds is 4. The first-order valence-electron chi connectivity index (χ1n) is 8.77. The van der Waals surface area contributed by atoms with Gasteiger partial charge in [-0.2, -0.15) is 0 Å². The molecular formula is C19H28N4O. The highest BCUT2D eigenvalue weighted by atomic mass is 16.1. The zero-order valence-electron chi connectivity index (χ0n) is 15.2. The summed E-state index contributed by atoms with van der Waals surface area (Å²) in [5, 5.41) is 0.786. The van der Waals surface area contributed by atoms with E-state index in [1.54, 1.807) is 0 Å². The second-order valence-electron chi connectivity index (χ2n) is 6.89. The van der Waals surface area contributed by atoms with Crippen LogP contribution in [0.4, 0.5) is 5.69 Å². The van der Waals surface area contributed by atoms with Crippen LogP contribution in [0.2, 0.25) is 0 Å². The summed E-state index contributed by atoms with van der Waals surface area (Å²) < 4.78 is 0. The predicted octanol–water partition coefficient (Wildman–Crippen LogP) is 2.04. The molecule has 3 rings (SSSR count). The number of pyridine rings is 1. The standard InChI is InChI=1S/C19H28N4O/c1-5-22-8-10-23(11-9-22)13-17-14(2)20-18-7-6-15(21(3)4)12-16(18)19(17)24/h6-7,12H,5,8-11,13H2,1-4H3,(H,20,24). The average Bonchev–Trinajstić information content (AvgIpc) is 2.58. The summed E-state index contributed by atoms with van der Waals surface area (Å²) in [6.07, 6.45) is 0. The predicted molar refractivity (Wildman–Crippen MR) is 101 cm³/mol. The highest BCUT2D eigenvalue weighted by Crippen LogP contribution is 2.19. The van der Waals surface area contributed by atoms with Gasteiger partial charge in [-0.15, -0.1) is 0 Å². The number of piperazine rings is 1. The maximum Gasteiger partial charge on any atom is 0.194 e. The Labute approximate surface area is 143 Å². The summed E-state index contributed by atoms with van der Waals surface area (Å²) in [7, 11) is 4.00. The lowest BCUT2D eigenvalue weighted by Gasteiger charge is -2.34. The molecule has 1 N–H and O–H groups in total. The third-order valence-corrected chi connectivity index (χ3v) is 5.11. The Hall–Kier alpha value is -1.85. The fourth-order valence-electron chi connectivity index (χ4n) is 3.40. The van der Waals surface area contributed by atoms with Crippen molar-refractivity contribution in [3.05, 3.63) is 39.7 Å². The molecule has 0 bridgehead atoms. The fourth-order valence-corrected chi connectivity index (χ4v) is 3.40. The number of aryl methyl sites for hydroxylation is 1. The Morgan fingerprint density at radius 1 is 1.12 bits per heavy atom. The van der Waals surface area contributed by atoms with Crippen LogP contribution in [-0.2, 0) is 6.54 Å². The molecule has 1 saturated heterocycles. The molecule has 1 aliphatic heterocycles. The molecule has 0 aliphatic carbocycles. The maximum atomic E-state index is 13.0. The molecule has 0 unspecified atom stereocenters. The SMILES string of the molecule is CCN1CCN(Cc2c(C)[nH]c3ccc(N(C)C)cc3c2=O)CC1. The minimum Gasteiger partial charge on any atom is -0.378 e. The Bertz CT molecular complexity index is 773. The molecule has 0 atom stereocenters. The van der Waals surface area contributed by atoms with Gasteiger partial charge >= 0.3 is 0 Å². The van der Waals surface area contributed by atoms with Crippen molar-refractivity contribution in [1.82, 2.24) is 14.8 Å². The highest BCUT2D eigenvalue weighted by molar-refractivity contribution is 5.83. The number of hydrogen-bond donors (Lipinski definition) is 1. The quantitative estimate of drug-likeness (QED) is 0.933. The second-order valence-corrected chi connectivity index (χ2v) is 6.89. The van der Waals surface area contributed by atoms with Gasteiger partial charge in [-0.25, -0.2) is 0 Å². The van der Waals surface area contributed by atoms with Crippen molar-refractivity contribution in [2.45, 2.75) is 20.4 Å². The van der Waals surface area contributed by atoms with E-state index in [2.05, 4.69) is 21.7 Å². The summed E-state index contributed by atoms with van der Waals surface area (Å²) >= 11 is 0. The van der Waals surface area contributed by atoms with Crippen LogP contribution in [0.1, 0.15) is 18.2 Å². The minimum absolute atomic E-state index is 0.169. The van der Waals surface area contributed by atoms with Crippen LogP contribution in [0.5, 0.6) is 0 Å². The Morgan fingerprint density at radius 3 is 2.42 bits per heavy atom. The number of nitrogens with one attached hydrogen (secondary N) is 1. The van der Waals surface area contributed by atoms with E-state index in [0.717, 1.165) is 67.1 Å². The zero-order chi connectivity index (χ0) is 17.3. The Morgan fingerprint density at radius 2 is 1.79 bits per heavy atom. The highest BCUT2D eigenvalue weighted by Gasteiger charge is 2.18. The van der Waals surface area contributed by atoms with Crippen molar-refractivity contribution in [3.8, 4) is 0 Å². The minimum atomic E-state index is 0.169. The van der Waals surface area contributed by atoms with Crippen LogP contribution in [-0.4, -0.2) is 61.6 Å². The van der Waals surface area contributed by atoms with Crippen molar-refractivity contribution in [3.63, 3.8) is 0 Å². The van der Waals surface area contributed by atoms with Crippen LogP contribution < -0.4 is 10.3 Å². The second kappa shape index (κ2) is 6.95.